The molecule has 2 heterocycles. The molecule has 1 fully saturated rings. The van der Waals surface area contributed by atoms with Crippen molar-refractivity contribution in [2.24, 2.45) is 0 Å². The van der Waals surface area contributed by atoms with Crippen molar-refractivity contribution in [1.82, 2.24) is 4.98 Å². The number of carbonyl (C=O) groups is 2. The number of nitrogens with one attached hydrogen (secondary N) is 2. The Kier molecular flexibility index (Phi) is 5.89. The van der Waals surface area contributed by atoms with Crippen molar-refractivity contribution < 1.29 is 19.2 Å². The van der Waals surface area contributed by atoms with Crippen molar-refractivity contribution >= 4 is 17.3 Å². The third-order valence-corrected chi connectivity index (χ3v) is 5.87. The first kappa shape index (κ1) is 20.1. The first-order valence-electron chi connectivity index (χ1n) is 9.82. The first-order valence-corrected chi connectivity index (χ1v) is 9.82. The summed E-state index contributed by atoms with van der Waals surface area (Å²) >= 11 is 0. The number of nitrogens with zero attached hydrogens (tertiary/aromatic N) is 1. The van der Waals surface area contributed by atoms with E-state index in [4.69, 9.17) is 4.74 Å². The number of benzene rings is 1. The Morgan fingerprint density at radius 2 is 1.82 bits per heavy atom. The number of methoxy groups -OCH3 is 1. The molecule has 0 saturated carbocycles. The lowest BCUT2D eigenvalue weighted by molar-refractivity contribution is -0.914. The van der Waals surface area contributed by atoms with Crippen LogP contribution in [0.5, 0.6) is 5.75 Å². The van der Waals surface area contributed by atoms with E-state index in [1.54, 1.807) is 14.0 Å². The van der Waals surface area contributed by atoms with Gasteiger partial charge in [0.15, 0.2) is 11.8 Å². The van der Waals surface area contributed by atoms with Crippen LogP contribution in [0.3, 0.4) is 0 Å². The number of H-pyrrole nitrogens is 1. The molecule has 1 aliphatic rings. The second-order valence-electron chi connectivity index (χ2n) is 7.58. The second kappa shape index (κ2) is 8.19. The minimum atomic E-state index is -0.156. The van der Waals surface area contributed by atoms with Crippen LogP contribution in [-0.4, -0.2) is 55.9 Å². The quantitative estimate of drug-likeness (QED) is 0.746. The fourth-order valence-corrected chi connectivity index (χ4v) is 4.29. The lowest BCUT2D eigenvalue weighted by Crippen LogP contribution is -3.18. The number of anilines is 1. The van der Waals surface area contributed by atoms with Crippen molar-refractivity contribution in [3.8, 4) is 5.75 Å². The molecule has 6 heteroatoms. The van der Waals surface area contributed by atoms with E-state index in [-0.39, 0.29) is 17.6 Å². The summed E-state index contributed by atoms with van der Waals surface area (Å²) in [6, 6.07) is 7.89. The SMILES string of the molecule is COc1ccccc1N1CC[NH+]([C@@H](C)C(=O)c2[nH]c(C)c(C(C)=O)c2C)CC1. The zero-order chi connectivity index (χ0) is 20.4. The normalized spacial score (nSPS) is 16.1. The molecule has 0 unspecified atom stereocenters. The minimum Gasteiger partial charge on any atom is -0.495 e. The van der Waals surface area contributed by atoms with Gasteiger partial charge in [-0.1, -0.05) is 12.1 Å². The molecule has 0 radical (unpaired) electrons. The number of aromatic amines is 1. The molecule has 150 valence electrons. The highest BCUT2D eigenvalue weighted by Gasteiger charge is 2.33. The van der Waals surface area contributed by atoms with Gasteiger partial charge in [0.1, 0.15) is 5.75 Å². The molecule has 1 aromatic carbocycles. The van der Waals surface area contributed by atoms with Crippen LogP contribution in [0, 0.1) is 13.8 Å². The van der Waals surface area contributed by atoms with Crippen LogP contribution in [0.15, 0.2) is 24.3 Å². The molecule has 0 aliphatic carbocycles. The number of piperazine rings is 1. The maximum absolute atomic E-state index is 13.1. The van der Waals surface area contributed by atoms with Crippen LogP contribution < -0.4 is 14.5 Å². The highest BCUT2D eigenvalue weighted by Crippen LogP contribution is 2.27. The number of hydrogen-bond donors (Lipinski definition) is 2. The molecular weight excluding hydrogens is 354 g/mol. The van der Waals surface area contributed by atoms with E-state index < -0.39 is 0 Å². The van der Waals surface area contributed by atoms with E-state index in [2.05, 4.69) is 16.0 Å². The maximum Gasteiger partial charge on any atom is 0.235 e. The number of ether oxygens (including phenoxy) is 1. The minimum absolute atomic E-state index is 0.00396. The Labute approximate surface area is 166 Å². The predicted octanol–water partition coefficient (Wildman–Crippen LogP) is 1.82. The number of carbonyl (C=O) groups excluding carboxylic acids is 2. The van der Waals surface area contributed by atoms with Gasteiger partial charge in [-0.3, -0.25) is 9.59 Å². The van der Waals surface area contributed by atoms with Gasteiger partial charge in [0, 0.05) is 11.3 Å². The van der Waals surface area contributed by atoms with Crippen LogP contribution in [-0.2, 0) is 0 Å². The van der Waals surface area contributed by atoms with Crippen molar-refractivity contribution in [3.05, 3.63) is 46.8 Å². The van der Waals surface area contributed by atoms with E-state index in [1.807, 2.05) is 39.0 Å². The lowest BCUT2D eigenvalue weighted by atomic mass is 10.0. The molecule has 0 spiro atoms. The summed E-state index contributed by atoms with van der Waals surface area (Å²) in [4.78, 5) is 31.7. The molecule has 0 amide bonds. The molecule has 1 atom stereocenters. The molecule has 28 heavy (non-hydrogen) atoms. The number of ketones is 2. The summed E-state index contributed by atoms with van der Waals surface area (Å²) < 4.78 is 5.48. The number of Topliss-reactive ketones (excluding diaryl/α,β-unsaturated/α-hetero) is 2. The summed E-state index contributed by atoms with van der Waals surface area (Å²) in [5.74, 6) is 0.953. The van der Waals surface area contributed by atoms with Gasteiger partial charge in [-0.05, 0) is 45.4 Å². The second-order valence-corrected chi connectivity index (χ2v) is 7.58. The lowest BCUT2D eigenvalue weighted by Gasteiger charge is -2.36. The van der Waals surface area contributed by atoms with Gasteiger partial charge < -0.3 is 19.5 Å². The van der Waals surface area contributed by atoms with E-state index in [1.165, 1.54) is 4.90 Å². The van der Waals surface area contributed by atoms with Crippen LogP contribution in [0.25, 0.3) is 0 Å². The van der Waals surface area contributed by atoms with E-state index >= 15 is 0 Å². The molecule has 2 aromatic rings. The Bertz CT molecular complexity index is 879. The highest BCUT2D eigenvalue weighted by molar-refractivity contribution is 6.04. The molecule has 2 N–H and O–H groups in total. The van der Waals surface area contributed by atoms with Crippen LogP contribution in [0.1, 0.15) is 46.0 Å². The Balaban J connectivity index is 1.70. The van der Waals surface area contributed by atoms with Crippen LogP contribution in [0.2, 0.25) is 0 Å². The maximum atomic E-state index is 13.1. The topological polar surface area (TPSA) is 66.8 Å². The number of para-hydroxylation sites is 2. The number of quaternary nitrogens is 1. The van der Waals surface area contributed by atoms with Crippen molar-refractivity contribution in [2.45, 2.75) is 33.7 Å². The predicted molar refractivity (Wildman–Crippen MR) is 110 cm³/mol. The molecule has 1 saturated heterocycles. The monoisotopic (exact) mass is 384 g/mol. The van der Waals surface area contributed by atoms with E-state index in [0.717, 1.165) is 48.9 Å². The Hall–Kier alpha value is -2.60. The number of aryl methyl sites for hydroxylation is 1. The average Bonchev–Trinajstić information content (AvgIpc) is 3.01. The first-order chi connectivity index (χ1) is 13.3. The summed E-state index contributed by atoms with van der Waals surface area (Å²) in [6.45, 7) is 10.7. The molecule has 1 aromatic heterocycles. The molecular formula is C22H30N3O3+. The van der Waals surface area contributed by atoms with Crippen LogP contribution in [0.4, 0.5) is 5.69 Å². The summed E-state index contributed by atoms with van der Waals surface area (Å²) in [5.41, 5.74) is 3.87. The molecule has 1 aliphatic heterocycles. The zero-order valence-electron chi connectivity index (χ0n) is 17.4. The molecule has 0 bridgehead atoms. The van der Waals surface area contributed by atoms with Gasteiger partial charge in [0.05, 0.1) is 44.7 Å². The number of aromatic nitrogens is 1. The van der Waals surface area contributed by atoms with Gasteiger partial charge >= 0.3 is 0 Å². The zero-order valence-corrected chi connectivity index (χ0v) is 17.4. The largest absolute Gasteiger partial charge is 0.495 e. The van der Waals surface area contributed by atoms with Crippen LogP contribution >= 0.6 is 0 Å². The smallest absolute Gasteiger partial charge is 0.235 e. The summed E-state index contributed by atoms with van der Waals surface area (Å²) in [5, 5.41) is 0. The van der Waals surface area contributed by atoms with Crippen molar-refractivity contribution in [1.29, 1.82) is 0 Å². The molecule has 6 nitrogen and oxygen atoms in total. The van der Waals surface area contributed by atoms with Gasteiger partial charge in [0.2, 0.25) is 5.78 Å². The van der Waals surface area contributed by atoms with Gasteiger partial charge in [-0.2, -0.15) is 0 Å². The van der Waals surface area contributed by atoms with Crippen molar-refractivity contribution in [3.63, 3.8) is 0 Å². The fourth-order valence-electron chi connectivity index (χ4n) is 4.29. The standard InChI is InChI=1S/C22H29N3O3/c1-14-20(17(4)26)15(2)23-21(14)22(27)16(3)24-10-12-25(13-11-24)18-8-6-7-9-19(18)28-5/h6-9,16,23H,10-13H2,1-5H3/p+1/t16-/m0/s1. The van der Waals surface area contributed by atoms with E-state index in [9.17, 15) is 9.59 Å². The van der Waals surface area contributed by atoms with Crippen molar-refractivity contribution in [2.75, 3.05) is 38.2 Å². The third kappa shape index (κ3) is 3.69. The molecule has 3 rings (SSSR count). The Morgan fingerprint density at radius 3 is 2.39 bits per heavy atom. The third-order valence-electron chi connectivity index (χ3n) is 5.87. The van der Waals surface area contributed by atoms with E-state index in [0.29, 0.717) is 11.3 Å². The fraction of sp³-hybridized carbons (Fsp3) is 0.455. The number of rotatable bonds is 6. The van der Waals surface area contributed by atoms with Gasteiger partial charge in [-0.15, -0.1) is 0 Å². The Morgan fingerprint density at radius 1 is 1.18 bits per heavy atom. The summed E-state index contributed by atoms with van der Waals surface area (Å²) in [7, 11) is 1.69. The summed E-state index contributed by atoms with van der Waals surface area (Å²) in [6.07, 6.45) is 0. The highest BCUT2D eigenvalue weighted by atomic mass is 16.5. The number of hydrogen-bond acceptors (Lipinski definition) is 4. The average molecular weight is 385 g/mol. The van der Waals surface area contributed by atoms with Gasteiger partial charge in [-0.25, -0.2) is 0 Å². The van der Waals surface area contributed by atoms with Gasteiger partial charge in [0.25, 0.3) is 0 Å².